The smallest absolute Gasteiger partial charge is 0.433 e. The molecule has 2 aromatic heterocycles. The molecule has 5 rings (SSSR count). The summed E-state index contributed by atoms with van der Waals surface area (Å²) in [5.74, 6) is -1.17. The van der Waals surface area contributed by atoms with E-state index in [0.717, 1.165) is 12.3 Å². The quantitative estimate of drug-likeness (QED) is 0.497. The molecule has 1 atom stereocenters. The molecule has 13 heteroatoms. The number of likely N-dealkylation sites (tertiary alicyclic amines) is 1. The summed E-state index contributed by atoms with van der Waals surface area (Å²) in [4.78, 5) is 30.2. The van der Waals surface area contributed by atoms with E-state index in [1.165, 1.54) is 40.2 Å². The average Bonchev–Trinajstić information content (AvgIpc) is 3.29. The number of ether oxygens (including phenoxy) is 1. The lowest BCUT2D eigenvalue weighted by molar-refractivity contribution is -0.141. The standard InChI is InChI=1S/C23H18ClF4N5O3/c24-15-2-3-16-18(19(15)25)22(36-21(35)31-16)5-1-7-32(12-22)20(34)14-9-30-33(11-14)10-13-4-6-29-17(8-13)23(26,27)28/h2-4,6,8-9,11H,1,5,7,10,12H2,(H,31,35)/t22-/m0/s1. The number of aromatic nitrogens is 3. The number of amides is 2. The summed E-state index contributed by atoms with van der Waals surface area (Å²) in [6.07, 6.45) is -0.850. The summed E-state index contributed by atoms with van der Waals surface area (Å²) in [6.45, 7) is 0.213. The molecule has 1 aromatic carbocycles. The highest BCUT2D eigenvalue weighted by Crippen LogP contribution is 2.45. The van der Waals surface area contributed by atoms with Crippen molar-refractivity contribution in [3.63, 3.8) is 0 Å². The van der Waals surface area contributed by atoms with Crippen LogP contribution in [0, 0.1) is 5.82 Å². The SMILES string of the molecule is O=C1Nc2ccc(Cl)c(F)c2[C@@]2(CCCN(C(=O)c3cnn(Cc4ccnc(C(F)(F)F)c4)c3)C2)O1. The van der Waals surface area contributed by atoms with Crippen molar-refractivity contribution < 1.29 is 31.9 Å². The third-order valence-corrected chi connectivity index (χ3v) is 6.45. The molecule has 1 fully saturated rings. The number of piperidine rings is 1. The monoisotopic (exact) mass is 523 g/mol. The van der Waals surface area contributed by atoms with Gasteiger partial charge in [0.2, 0.25) is 0 Å². The van der Waals surface area contributed by atoms with E-state index in [1.54, 1.807) is 0 Å². The van der Waals surface area contributed by atoms with Gasteiger partial charge in [0.15, 0.2) is 11.4 Å². The van der Waals surface area contributed by atoms with Gasteiger partial charge >= 0.3 is 12.3 Å². The first-order valence-electron chi connectivity index (χ1n) is 10.9. The predicted octanol–water partition coefficient (Wildman–Crippen LogP) is 4.83. The number of carbonyl (C=O) groups excluding carboxylic acids is 2. The first-order valence-corrected chi connectivity index (χ1v) is 11.3. The molecule has 4 heterocycles. The number of benzene rings is 1. The van der Waals surface area contributed by atoms with E-state index in [1.807, 2.05) is 0 Å². The van der Waals surface area contributed by atoms with Crippen molar-refractivity contribution in [1.82, 2.24) is 19.7 Å². The minimum absolute atomic E-state index is 0.0107. The second kappa shape index (κ2) is 8.77. The molecule has 1 spiro atoms. The zero-order valence-corrected chi connectivity index (χ0v) is 19.2. The molecule has 0 bridgehead atoms. The van der Waals surface area contributed by atoms with Gasteiger partial charge in [0.1, 0.15) is 5.69 Å². The Morgan fingerprint density at radius 1 is 1.28 bits per heavy atom. The molecule has 0 aliphatic carbocycles. The van der Waals surface area contributed by atoms with Crippen LogP contribution >= 0.6 is 11.6 Å². The number of nitrogens with zero attached hydrogens (tertiary/aromatic N) is 4. The zero-order valence-electron chi connectivity index (χ0n) is 18.5. The third-order valence-electron chi connectivity index (χ3n) is 6.16. The maximum absolute atomic E-state index is 15.0. The Hall–Kier alpha value is -3.67. The Morgan fingerprint density at radius 2 is 2.08 bits per heavy atom. The highest BCUT2D eigenvalue weighted by atomic mass is 35.5. The van der Waals surface area contributed by atoms with Gasteiger partial charge in [-0.2, -0.15) is 18.3 Å². The van der Waals surface area contributed by atoms with E-state index in [0.29, 0.717) is 18.5 Å². The fourth-order valence-corrected chi connectivity index (χ4v) is 4.76. The Morgan fingerprint density at radius 3 is 2.86 bits per heavy atom. The number of anilines is 1. The Bertz CT molecular complexity index is 1360. The summed E-state index contributed by atoms with van der Waals surface area (Å²) < 4.78 is 60.7. The van der Waals surface area contributed by atoms with Crippen LogP contribution in [0.2, 0.25) is 5.02 Å². The summed E-state index contributed by atoms with van der Waals surface area (Å²) in [5, 5.41) is 6.42. The van der Waals surface area contributed by atoms with E-state index < -0.39 is 35.3 Å². The largest absolute Gasteiger partial charge is 0.436 e. The molecule has 1 saturated heterocycles. The topological polar surface area (TPSA) is 89.4 Å². The summed E-state index contributed by atoms with van der Waals surface area (Å²) in [7, 11) is 0. The van der Waals surface area contributed by atoms with Gasteiger partial charge in [0.05, 0.1) is 41.1 Å². The van der Waals surface area contributed by atoms with E-state index in [-0.39, 0.29) is 41.3 Å². The van der Waals surface area contributed by atoms with Crippen LogP contribution < -0.4 is 5.32 Å². The first-order chi connectivity index (χ1) is 17.1. The minimum Gasteiger partial charge on any atom is -0.436 e. The first kappa shape index (κ1) is 24.0. The van der Waals surface area contributed by atoms with Gasteiger partial charge in [-0.25, -0.2) is 9.18 Å². The van der Waals surface area contributed by atoms with Crippen LogP contribution in [0.15, 0.2) is 42.9 Å². The lowest BCUT2D eigenvalue weighted by Gasteiger charge is -2.45. The molecular formula is C23H18ClF4N5O3. The number of nitrogens with one attached hydrogen (secondary N) is 1. The third kappa shape index (κ3) is 4.36. The molecule has 188 valence electrons. The highest BCUT2D eigenvalue weighted by molar-refractivity contribution is 6.31. The Labute approximate surface area is 206 Å². The van der Waals surface area contributed by atoms with Gasteiger partial charge in [-0.1, -0.05) is 11.6 Å². The van der Waals surface area contributed by atoms with Crippen molar-refractivity contribution in [2.45, 2.75) is 31.2 Å². The summed E-state index contributed by atoms with van der Waals surface area (Å²) in [5.41, 5.74) is -1.63. The molecule has 36 heavy (non-hydrogen) atoms. The molecule has 2 amide bonds. The van der Waals surface area contributed by atoms with Crippen LogP contribution in [-0.4, -0.2) is 44.8 Å². The predicted molar refractivity (Wildman–Crippen MR) is 119 cm³/mol. The van der Waals surface area contributed by atoms with E-state index in [9.17, 15) is 22.8 Å². The van der Waals surface area contributed by atoms with E-state index in [4.69, 9.17) is 16.3 Å². The molecule has 3 aromatic rings. The number of alkyl halides is 3. The molecule has 8 nitrogen and oxygen atoms in total. The Kier molecular flexibility index (Phi) is 5.86. The van der Waals surface area contributed by atoms with Crippen LogP contribution in [0.1, 0.15) is 40.0 Å². The normalized spacial score (nSPS) is 19.6. The van der Waals surface area contributed by atoms with Crippen LogP contribution in [0.25, 0.3) is 0 Å². The van der Waals surface area contributed by atoms with E-state index in [2.05, 4.69) is 15.4 Å². The number of hydrogen-bond donors (Lipinski definition) is 1. The second-order valence-electron chi connectivity index (χ2n) is 8.60. The van der Waals surface area contributed by atoms with Crippen LogP contribution in [0.5, 0.6) is 0 Å². The highest BCUT2D eigenvalue weighted by Gasteiger charge is 2.48. The number of halogens is 5. The van der Waals surface area contributed by atoms with Gasteiger partial charge in [-0.05, 0) is 42.7 Å². The lowest BCUT2D eigenvalue weighted by atomic mass is 9.83. The number of carbonyl (C=O) groups is 2. The number of hydrogen-bond acceptors (Lipinski definition) is 5. The van der Waals surface area contributed by atoms with Crippen molar-refractivity contribution in [3.8, 4) is 0 Å². The van der Waals surface area contributed by atoms with Crippen LogP contribution in [0.3, 0.4) is 0 Å². The summed E-state index contributed by atoms with van der Waals surface area (Å²) in [6, 6.07) is 5.15. The van der Waals surface area contributed by atoms with Gasteiger partial charge in [-0.3, -0.25) is 19.8 Å². The van der Waals surface area contributed by atoms with Gasteiger partial charge in [0, 0.05) is 18.9 Å². The molecule has 2 aliphatic rings. The molecule has 0 saturated carbocycles. The van der Waals surface area contributed by atoms with Crippen molar-refractivity contribution in [1.29, 1.82) is 0 Å². The lowest BCUT2D eigenvalue weighted by Crippen LogP contribution is -2.53. The molecule has 2 aliphatic heterocycles. The van der Waals surface area contributed by atoms with Crippen molar-refractivity contribution >= 4 is 29.3 Å². The zero-order chi connectivity index (χ0) is 25.7. The maximum Gasteiger partial charge on any atom is 0.433 e. The van der Waals surface area contributed by atoms with Gasteiger partial charge in [0.25, 0.3) is 5.91 Å². The molecule has 0 radical (unpaired) electrons. The van der Waals surface area contributed by atoms with Gasteiger partial charge < -0.3 is 9.64 Å². The average molecular weight is 524 g/mol. The van der Waals surface area contributed by atoms with Gasteiger partial charge in [-0.15, -0.1) is 0 Å². The fourth-order valence-electron chi connectivity index (χ4n) is 4.60. The maximum atomic E-state index is 15.0. The number of rotatable bonds is 3. The number of pyridine rings is 1. The van der Waals surface area contributed by atoms with Crippen molar-refractivity contribution in [3.05, 3.63) is 76.1 Å². The van der Waals surface area contributed by atoms with Crippen molar-refractivity contribution in [2.24, 2.45) is 0 Å². The molecule has 0 unspecified atom stereocenters. The van der Waals surface area contributed by atoms with E-state index >= 15 is 4.39 Å². The minimum atomic E-state index is -4.58. The fraction of sp³-hybridized carbons (Fsp3) is 0.304. The van der Waals surface area contributed by atoms with Crippen LogP contribution in [-0.2, 0) is 23.1 Å². The van der Waals surface area contributed by atoms with Crippen molar-refractivity contribution in [2.75, 3.05) is 18.4 Å². The van der Waals surface area contributed by atoms with Crippen LogP contribution in [0.4, 0.5) is 28.0 Å². The number of fused-ring (bicyclic) bond motifs is 2. The molecular weight excluding hydrogens is 506 g/mol. The Balaban J connectivity index is 1.37. The summed E-state index contributed by atoms with van der Waals surface area (Å²) >= 11 is 5.98. The molecule has 1 N–H and O–H groups in total. The second-order valence-corrected chi connectivity index (χ2v) is 9.00.